The number of carbonyl (C=O) groups excluding carboxylic acids is 1. The topological polar surface area (TPSA) is 51.1 Å². The molecule has 4 nitrogen and oxygen atoms in total. The molecule has 120 valence electrons. The zero-order chi connectivity index (χ0) is 16.4. The molecule has 4 heteroatoms. The lowest BCUT2D eigenvalue weighted by Crippen LogP contribution is -2.35. The van der Waals surface area contributed by atoms with Crippen molar-refractivity contribution < 1.29 is 4.79 Å². The lowest BCUT2D eigenvalue weighted by atomic mass is 9.94. The molecule has 23 heavy (non-hydrogen) atoms. The number of allylic oxidation sites excluding steroid dienone is 1. The molecule has 3 rings (SSSR count). The quantitative estimate of drug-likeness (QED) is 0.885. The van der Waals surface area contributed by atoms with Crippen molar-refractivity contribution in [1.29, 1.82) is 0 Å². The molecule has 0 spiro atoms. The molecule has 0 bridgehead atoms. The second-order valence-electron chi connectivity index (χ2n) is 6.19. The van der Waals surface area contributed by atoms with Crippen LogP contribution in [-0.4, -0.2) is 16.5 Å². The minimum Gasteiger partial charge on any atom is -0.346 e. The monoisotopic (exact) mass is 310 g/mol. The molecular formula is C19H22N2O2. The largest absolute Gasteiger partial charge is 0.346 e. The van der Waals surface area contributed by atoms with Gasteiger partial charge in [-0.3, -0.25) is 9.59 Å². The molecular weight excluding hydrogens is 288 g/mol. The minimum absolute atomic E-state index is 0.00520. The van der Waals surface area contributed by atoms with Crippen LogP contribution in [0.15, 0.2) is 46.8 Å². The predicted molar refractivity (Wildman–Crippen MR) is 92.7 cm³/mol. The molecule has 1 aliphatic rings. The molecule has 1 N–H and O–H groups in total. The SMILES string of the molecule is C[C@@H](NC(=O)c1cc(=O)n(C)c2ccccc12)C1=CCCCC1. The summed E-state index contributed by atoms with van der Waals surface area (Å²) >= 11 is 0. The fraction of sp³-hybridized carbons (Fsp3) is 0.368. The molecule has 1 heterocycles. The van der Waals surface area contributed by atoms with Crippen LogP contribution in [0.4, 0.5) is 0 Å². The lowest BCUT2D eigenvalue weighted by Gasteiger charge is -2.21. The van der Waals surface area contributed by atoms with Gasteiger partial charge in [-0.2, -0.15) is 0 Å². The molecule has 0 fully saturated rings. The fourth-order valence-corrected chi connectivity index (χ4v) is 3.22. The zero-order valence-electron chi connectivity index (χ0n) is 13.6. The molecule has 1 aromatic carbocycles. The first-order chi connectivity index (χ1) is 11.1. The van der Waals surface area contributed by atoms with Gasteiger partial charge in [-0.25, -0.2) is 0 Å². The number of nitrogens with one attached hydrogen (secondary N) is 1. The van der Waals surface area contributed by atoms with Crippen molar-refractivity contribution in [2.75, 3.05) is 0 Å². The zero-order valence-corrected chi connectivity index (χ0v) is 13.6. The number of rotatable bonds is 3. The molecule has 1 atom stereocenters. The Kier molecular flexibility index (Phi) is 4.33. The van der Waals surface area contributed by atoms with Crippen molar-refractivity contribution >= 4 is 16.8 Å². The van der Waals surface area contributed by atoms with Crippen LogP contribution in [0.25, 0.3) is 10.9 Å². The standard InChI is InChI=1S/C19H22N2O2/c1-13(14-8-4-3-5-9-14)20-19(23)16-12-18(22)21(2)17-11-7-6-10-15(16)17/h6-8,10-13H,3-5,9H2,1-2H3,(H,20,23)/t13-/m1/s1. The third-order valence-electron chi connectivity index (χ3n) is 4.63. The maximum absolute atomic E-state index is 12.7. The van der Waals surface area contributed by atoms with Gasteiger partial charge in [0.25, 0.3) is 11.5 Å². The normalized spacial score (nSPS) is 16.0. The molecule has 0 saturated carbocycles. The van der Waals surface area contributed by atoms with E-state index in [9.17, 15) is 9.59 Å². The summed E-state index contributed by atoms with van der Waals surface area (Å²) in [6, 6.07) is 8.94. The van der Waals surface area contributed by atoms with Crippen molar-refractivity contribution in [3.63, 3.8) is 0 Å². The highest BCUT2D eigenvalue weighted by atomic mass is 16.2. The van der Waals surface area contributed by atoms with E-state index >= 15 is 0 Å². The van der Waals surface area contributed by atoms with Crippen molar-refractivity contribution in [2.24, 2.45) is 7.05 Å². The average molecular weight is 310 g/mol. The van der Waals surface area contributed by atoms with Crippen molar-refractivity contribution in [3.8, 4) is 0 Å². The lowest BCUT2D eigenvalue weighted by molar-refractivity contribution is 0.0946. The van der Waals surface area contributed by atoms with E-state index in [4.69, 9.17) is 0 Å². The molecule has 1 amide bonds. The number of amides is 1. The molecule has 0 saturated heterocycles. The number of hydrogen-bond donors (Lipinski definition) is 1. The summed E-state index contributed by atoms with van der Waals surface area (Å²) in [5.41, 5.74) is 2.35. The number of benzene rings is 1. The Bertz CT molecular complexity index is 833. The third kappa shape index (κ3) is 3.07. The smallest absolute Gasteiger partial charge is 0.252 e. The number of carbonyl (C=O) groups is 1. The fourth-order valence-electron chi connectivity index (χ4n) is 3.22. The maximum Gasteiger partial charge on any atom is 0.252 e. The Balaban J connectivity index is 1.94. The number of fused-ring (bicyclic) bond motifs is 1. The van der Waals surface area contributed by atoms with E-state index in [1.54, 1.807) is 11.6 Å². The average Bonchev–Trinajstić information content (AvgIpc) is 2.58. The number of pyridine rings is 1. The highest BCUT2D eigenvalue weighted by molar-refractivity contribution is 6.06. The van der Waals surface area contributed by atoms with Crippen LogP contribution in [0.3, 0.4) is 0 Å². The van der Waals surface area contributed by atoms with E-state index in [2.05, 4.69) is 11.4 Å². The number of aromatic nitrogens is 1. The molecule has 0 unspecified atom stereocenters. The Labute approximate surface area is 135 Å². The second kappa shape index (κ2) is 6.41. The summed E-state index contributed by atoms with van der Waals surface area (Å²) in [6.45, 7) is 2.01. The van der Waals surface area contributed by atoms with Gasteiger partial charge in [0.15, 0.2) is 0 Å². The summed E-state index contributed by atoms with van der Waals surface area (Å²) in [6.07, 6.45) is 6.77. The number of aryl methyl sites for hydroxylation is 1. The molecule has 0 radical (unpaired) electrons. The molecule has 1 aliphatic carbocycles. The first-order valence-corrected chi connectivity index (χ1v) is 8.16. The third-order valence-corrected chi connectivity index (χ3v) is 4.63. The van der Waals surface area contributed by atoms with Gasteiger partial charge >= 0.3 is 0 Å². The van der Waals surface area contributed by atoms with Gasteiger partial charge in [0.05, 0.1) is 11.1 Å². The Hall–Kier alpha value is -2.36. The van der Waals surface area contributed by atoms with E-state index in [0.29, 0.717) is 5.56 Å². The van der Waals surface area contributed by atoms with E-state index in [-0.39, 0.29) is 17.5 Å². The van der Waals surface area contributed by atoms with Gasteiger partial charge in [0.1, 0.15) is 0 Å². The highest BCUT2D eigenvalue weighted by Crippen LogP contribution is 2.21. The summed E-state index contributed by atoms with van der Waals surface area (Å²) in [4.78, 5) is 24.8. The van der Waals surface area contributed by atoms with Gasteiger partial charge in [-0.1, -0.05) is 29.8 Å². The Morgan fingerprint density at radius 1 is 1.26 bits per heavy atom. The van der Waals surface area contributed by atoms with Crippen molar-refractivity contribution in [2.45, 2.75) is 38.6 Å². The Morgan fingerprint density at radius 3 is 2.78 bits per heavy atom. The number of nitrogens with zero attached hydrogens (tertiary/aromatic N) is 1. The summed E-state index contributed by atoms with van der Waals surface area (Å²) in [7, 11) is 1.72. The van der Waals surface area contributed by atoms with Gasteiger partial charge in [0, 0.05) is 24.5 Å². The van der Waals surface area contributed by atoms with Gasteiger partial charge in [-0.15, -0.1) is 0 Å². The molecule has 1 aromatic heterocycles. The van der Waals surface area contributed by atoms with Crippen LogP contribution in [-0.2, 0) is 7.05 Å². The summed E-state index contributed by atoms with van der Waals surface area (Å²) in [5, 5.41) is 3.85. The van der Waals surface area contributed by atoms with E-state index in [1.807, 2.05) is 31.2 Å². The predicted octanol–water partition coefficient (Wildman–Crippen LogP) is 3.16. The van der Waals surface area contributed by atoms with Crippen LogP contribution in [0.5, 0.6) is 0 Å². The maximum atomic E-state index is 12.7. The Morgan fingerprint density at radius 2 is 2.04 bits per heavy atom. The first kappa shape index (κ1) is 15.5. The van der Waals surface area contributed by atoms with Crippen molar-refractivity contribution in [3.05, 3.63) is 57.9 Å². The second-order valence-corrected chi connectivity index (χ2v) is 6.19. The first-order valence-electron chi connectivity index (χ1n) is 8.16. The minimum atomic E-state index is -0.183. The van der Waals surface area contributed by atoms with E-state index in [0.717, 1.165) is 23.7 Å². The van der Waals surface area contributed by atoms with Gasteiger partial charge in [-0.05, 0) is 38.7 Å². The van der Waals surface area contributed by atoms with Gasteiger partial charge in [0.2, 0.25) is 0 Å². The number of para-hydroxylation sites is 1. The van der Waals surface area contributed by atoms with Crippen LogP contribution in [0.2, 0.25) is 0 Å². The summed E-state index contributed by atoms with van der Waals surface area (Å²) in [5.74, 6) is -0.183. The summed E-state index contributed by atoms with van der Waals surface area (Å²) < 4.78 is 1.57. The molecule has 2 aromatic rings. The molecule has 0 aliphatic heterocycles. The highest BCUT2D eigenvalue weighted by Gasteiger charge is 2.18. The van der Waals surface area contributed by atoms with Crippen LogP contribution < -0.4 is 10.9 Å². The van der Waals surface area contributed by atoms with Gasteiger partial charge < -0.3 is 9.88 Å². The van der Waals surface area contributed by atoms with Crippen LogP contribution in [0, 0.1) is 0 Å². The van der Waals surface area contributed by atoms with Crippen LogP contribution in [0.1, 0.15) is 43.0 Å². The van der Waals surface area contributed by atoms with E-state index < -0.39 is 0 Å². The van der Waals surface area contributed by atoms with Crippen molar-refractivity contribution in [1.82, 2.24) is 9.88 Å². The van der Waals surface area contributed by atoms with Crippen LogP contribution >= 0.6 is 0 Å². The van der Waals surface area contributed by atoms with E-state index in [1.165, 1.54) is 24.5 Å². The number of hydrogen-bond acceptors (Lipinski definition) is 2.